The Morgan fingerprint density at radius 1 is 1.22 bits per heavy atom. The average molecular weight is 264 g/mol. The lowest BCUT2D eigenvalue weighted by Gasteiger charge is -2.36. The highest BCUT2D eigenvalue weighted by Gasteiger charge is 2.84. The predicted molar refractivity (Wildman–Crippen MR) is 73.9 cm³/mol. The minimum absolute atomic E-state index is 0.190. The minimum atomic E-state index is -1.42. The van der Waals surface area contributed by atoms with E-state index in [2.05, 4.69) is 31.8 Å². The van der Waals surface area contributed by atoms with Gasteiger partial charge in [-0.2, -0.15) is 0 Å². The summed E-state index contributed by atoms with van der Waals surface area (Å²) in [7, 11) is 0.507. The summed E-state index contributed by atoms with van der Waals surface area (Å²) in [5.74, 6) is 2.25. The number of methoxy groups -OCH3 is 1. The molecule has 4 aliphatic carbocycles. The fraction of sp³-hybridized carbons (Fsp3) is 0.867. The molecule has 3 fully saturated rings. The number of fused-ring (bicyclic) bond motifs is 1. The first-order valence-corrected chi connectivity index (χ1v) is 10.8. The molecule has 0 heterocycles. The maximum absolute atomic E-state index is 6.47. The standard InChI is InChI=1S/C15H24O2Si/c1-16-15-10-5-7-14(15)8-6-13(17-18(2,3)4)12(14)9-11(10)15/h5,7,10-13H,6,8-9H2,1-4H3/t10?,11?,12?,13-,14?,15?/m1/s1. The van der Waals surface area contributed by atoms with Crippen molar-refractivity contribution in [3.63, 3.8) is 0 Å². The first kappa shape index (κ1) is 11.7. The lowest BCUT2D eigenvalue weighted by molar-refractivity contribution is -0.0212. The third-order valence-electron chi connectivity index (χ3n) is 6.00. The van der Waals surface area contributed by atoms with Crippen LogP contribution in [0, 0.1) is 23.2 Å². The molecular weight excluding hydrogens is 240 g/mol. The van der Waals surface area contributed by atoms with Crippen LogP contribution in [-0.4, -0.2) is 27.1 Å². The smallest absolute Gasteiger partial charge is 0.184 e. The van der Waals surface area contributed by atoms with Gasteiger partial charge in [0.2, 0.25) is 0 Å². The van der Waals surface area contributed by atoms with Crippen molar-refractivity contribution in [1.29, 1.82) is 0 Å². The molecule has 1 spiro atoms. The van der Waals surface area contributed by atoms with Crippen molar-refractivity contribution in [1.82, 2.24) is 0 Å². The molecule has 0 aliphatic heterocycles. The summed E-state index contributed by atoms with van der Waals surface area (Å²) < 4.78 is 12.5. The molecule has 2 nitrogen and oxygen atoms in total. The Morgan fingerprint density at radius 3 is 2.67 bits per heavy atom. The van der Waals surface area contributed by atoms with Crippen molar-refractivity contribution in [2.75, 3.05) is 7.11 Å². The topological polar surface area (TPSA) is 18.5 Å². The first-order chi connectivity index (χ1) is 8.45. The zero-order chi connectivity index (χ0) is 12.8. The second kappa shape index (κ2) is 3.13. The fourth-order valence-electron chi connectivity index (χ4n) is 5.62. The SMILES string of the molecule is COC12C3C=CC14CC[C@@H](O[Si](C)(C)C)C4CC32. The monoisotopic (exact) mass is 264 g/mol. The van der Waals surface area contributed by atoms with Crippen LogP contribution in [0.25, 0.3) is 0 Å². The summed E-state index contributed by atoms with van der Waals surface area (Å²) in [6.45, 7) is 6.94. The van der Waals surface area contributed by atoms with E-state index in [0.717, 1.165) is 17.8 Å². The molecule has 0 amide bonds. The van der Waals surface area contributed by atoms with E-state index in [1.807, 2.05) is 7.11 Å². The molecule has 6 atom stereocenters. The number of rotatable bonds is 3. The second-order valence-electron chi connectivity index (χ2n) is 7.68. The van der Waals surface area contributed by atoms with Crippen molar-refractivity contribution >= 4 is 8.32 Å². The van der Waals surface area contributed by atoms with Gasteiger partial charge in [-0.15, -0.1) is 0 Å². The third kappa shape index (κ3) is 1.09. The van der Waals surface area contributed by atoms with Crippen molar-refractivity contribution < 1.29 is 9.16 Å². The molecule has 0 radical (unpaired) electrons. The van der Waals surface area contributed by atoms with Crippen LogP contribution in [0.4, 0.5) is 0 Å². The van der Waals surface area contributed by atoms with Crippen molar-refractivity contribution in [2.45, 2.75) is 50.6 Å². The van der Waals surface area contributed by atoms with Gasteiger partial charge >= 0.3 is 0 Å². The number of hydrogen-bond donors (Lipinski definition) is 0. The second-order valence-corrected chi connectivity index (χ2v) is 12.1. The van der Waals surface area contributed by atoms with E-state index < -0.39 is 8.32 Å². The Morgan fingerprint density at radius 2 is 2.00 bits per heavy atom. The number of hydrogen-bond acceptors (Lipinski definition) is 2. The quantitative estimate of drug-likeness (QED) is 0.575. The van der Waals surface area contributed by atoms with E-state index in [1.165, 1.54) is 19.3 Å². The Hall–Kier alpha value is -0.123. The van der Waals surface area contributed by atoms with E-state index in [9.17, 15) is 0 Å². The molecule has 0 aromatic rings. The van der Waals surface area contributed by atoms with Crippen LogP contribution in [0.3, 0.4) is 0 Å². The highest BCUT2D eigenvalue weighted by atomic mass is 28.4. The van der Waals surface area contributed by atoms with Gasteiger partial charge in [0.05, 0.1) is 5.60 Å². The lowest BCUT2D eigenvalue weighted by Crippen LogP contribution is -2.40. The van der Waals surface area contributed by atoms with Gasteiger partial charge in [-0.1, -0.05) is 12.2 Å². The Kier molecular flexibility index (Phi) is 2.03. The van der Waals surface area contributed by atoms with Crippen LogP contribution in [0.5, 0.6) is 0 Å². The summed E-state index contributed by atoms with van der Waals surface area (Å²) in [6.07, 6.45) is 9.31. The van der Waals surface area contributed by atoms with E-state index in [-0.39, 0.29) is 5.60 Å². The third-order valence-corrected chi connectivity index (χ3v) is 7.01. The van der Waals surface area contributed by atoms with Crippen molar-refractivity contribution in [3.8, 4) is 0 Å². The minimum Gasteiger partial charge on any atom is -0.414 e. The molecule has 3 saturated carbocycles. The van der Waals surface area contributed by atoms with E-state index >= 15 is 0 Å². The van der Waals surface area contributed by atoms with Crippen LogP contribution in [0.2, 0.25) is 19.6 Å². The van der Waals surface area contributed by atoms with Crippen LogP contribution in [0.1, 0.15) is 19.3 Å². The Labute approximate surface area is 111 Å². The molecule has 0 bridgehead atoms. The van der Waals surface area contributed by atoms with Crippen molar-refractivity contribution in [3.05, 3.63) is 12.2 Å². The average Bonchev–Trinajstić information content (AvgIpc) is 2.51. The molecule has 3 heteroatoms. The summed E-state index contributed by atoms with van der Waals surface area (Å²) in [6, 6.07) is 0. The normalized spacial score (nSPS) is 55.8. The van der Waals surface area contributed by atoms with Gasteiger partial charge in [-0.3, -0.25) is 0 Å². The van der Waals surface area contributed by atoms with Crippen LogP contribution < -0.4 is 0 Å². The lowest BCUT2D eigenvalue weighted by atomic mass is 9.76. The molecule has 0 saturated heterocycles. The maximum atomic E-state index is 6.47. The van der Waals surface area contributed by atoms with Gasteiger partial charge < -0.3 is 9.16 Å². The highest BCUT2D eigenvalue weighted by Crippen LogP contribution is 2.81. The Balaban J connectivity index is 1.65. The van der Waals surface area contributed by atoms with E-state index in [0.29, 0.717) is 11.5 Å². The van der Waals surface area contributed by atoms with Gasteiger partial charge in [0.25, 0.3) is 0 Å². The van der Waals surface area contributed by atoms with Gasteiger partial charge in [-0.25, -0.2) is 0 Å². The summed E-state index contributed by atoms with van der Waals surface area (Å²) in [5.41, 5.74) is 0.524. The Bertz CT molecular complexity index is 427. The van der Waals surface area contributed by atoms with Crippen molar-refractivity contribution in [2.24, 2.45) is 23.2 Å². The molecule has 4 aliphatic rings. The fourth-order valence-corrected chi connectivity index (χ4v) is 6.81. The van der Waals surface area contributed by atoms with Gasteiger partial charge in [0, 0.05) is 24.5 Å². The van der Waals surface area contributed by atoms with E-state index in [1.54, 1.807) is 0 Å². The summed E-state index contributed by atoms with van der Waals surface area (Å²) in [4.78, 5) is 0. The van der Waals surface area contributed by atoms with Gasteiger partial charge in [0.1, 0.15) is 0 Å². The maximum Gasteiger partial charge on any atom is 0.184 e. The first-order valence-electron chi connectivity index (χ1n) is 7.37. The summed E-state index contributed by atoms with van der Waals surface area (Å²) in [5, 5.41) is 0. The molecular formula is C15H24O2Si. The van der Waals surface area contributed by atoms with Crippen LogP contribution in [0.15, 0.2) is 12.2 Å². The molecule has 0 aromatic heterocycles. The van der Waals surface area contributed by atoms with Gasteiger partial charge in [-0.05, 0) is 50.7 Å². The molecule has 0 aromatic carbocycles. The molecule has 5 unspecified atom stereocenters. The van der Waals surface area contributed by atoms with Crippen LogP contribution in [-0.2, 0) is 9.16 Å². The molecule has 18 heavy (non-hydrogen) atoms. The zero-order valence-electron chi connectivity index (χ0n) is 11.9. The van der Waals surface area contributed by atoms with E-state index in [4.69, 9.17) is 9.16 Å². The number of ether oxygens (including phenoxy) is 1. The molecule has 4 rings (SSSR count). The molecule has 100 valence electrons. The summed E-state index contributed by atoms with van der Waals surface area (Å²) >= 11 is 0. The predicted octanol–water partition coefficient (Wildman–Crippen LogP) is 3.21. The van der Waals surface area contributed by atoms with Gasteiger partial charge in [0.15, 0.2) is 8.32 Å². The molecule has 0 N–H and O–H groups in total. The highest BCUT2D eigenvalue weighted by molar-refractivity contribution is 6.69. The van der Waals surface area contributed by atoms with Crippen LogP contribution >= 0.6 is 0 Å². The zero-order valence-corrected chi connectivity index (χ0v) is 12.9. The largest absolute Gasteiger partial charge is 0.414 e.